The molecule has 0 saturated heterocycles. The summed E-state index contributed by atoms with van der Waals surface area (Å²) in [6.07, 6.45) is 0. The van der Waals surface area contributed by atoms with Crippen molar-refractivity contribution in [2.24, 2.45) is 5.92 Å². The fraction of sp³-hybridized carbons (Fsp3) is 0.316. The van der Waals surface area contributed by atoms with E-state index in [1.165, 1.54) is 11.1 Å². The number of carbonyl (C=O) groups is 1. The minimum atomic E-state index is -0.751. The van der Waals surface area contributed by atoms with Gasteiger partial charge in [-0.25, -0.2) is 0 Å². The molecule has 3 heteroatoms. The number of hydrogen-bond donors (Lipinski definition) is 1. The first kappa shape index (κ1) is 16.2. The van der Waals surface area contributed by atoms with E-state index in [1.54, 1.807) is 6.92 Å². The summed E-state index contributed by atoms with van der Waals surface area (Å²) in [5.41, 5.74) is 2.39. The Morgan fingerprint density at radius 2 is 1.32 bits per heavy atom. The van der Waals surface area contributed by atoms with Crippen LogP contribution >= 0.6 is 0 Å². The Bertz CT molecular complexity index is 541. The van der Waals surface area contributed by atoms with Gasteiger partial charge in [0.05, 0.1) is 5.92 Å². The molecule has 2 aromatic rings. The molecule has 0 radical (unpaired) electrons. The minimum absolute atomic E-state index is 0.0436. The highest BCUT2D eigenvalue weighted by Gasteiger charge is 2.25. The van der Waals surface area contributed by atoms with Crippen molar-refractivity contribution in [2.75, 3.05) is 0 Å². The number of aliphatic carboxylic acids is 1. The van der Waals surface area contributed by atoms with E-state index in [0.29, 0.717) is 0 Å². The van der Waals surface area contributed by atoms with Crippen molar-refractivity contribution >= 4 is 5.97 Å². The van der Waals surface area contributed by atoms with Crippen molar-refractivity contribution in [3.8, 4) is 0 Å². The second-order valence-corrected chi connectivity index (χ2v) is 5.74. The zero-order chi connectivity index (χ0) is 15.9. The number of nitrogens with zero attached hydrogens (tertiary/aromatic N) is 1. The minimum Gasteiger partial charge on any atom is -0.481 e. The molecule has 0 aliphatic heterocycles. The number of benzene rings is 2. The molecule has 0 fully saturated rings. The first-order valence-electron chi connectivity index (χ1n) is 7.62. The van der Waals surface area contributed by atoms with E-state index in [1.807, 2.05) is 43.3 Å². The molecule has 0 aliphatic carbocycles. The van der Waals surface area contributed by atoms with E-state index >= 15 is 0 Å². The van der Waals surface area contributed by atoms with Gasteiger partial charge in [-0.2, -0.15) is 0 Å². The third kappa shape index (κ3) is 4.43. The van der Waals surface area contributed by atoms with Gasteiger partial charge < -0.3 is 5.11 Å². The van der Waals surface area contributed by atoms with Crippen LogP contribution in [-0.4, -0.2) is 22.0 Å². The molecule has 1 N–H and O–H groups in total. The summed E-state index contributed by atoms with van der Waals surface area (Å²) in [7, 11) is 0. The Balaban J connectivity index is 2.18. The van der Waals surface area contributed by atoms with Gasteiger partial charge >= 0.3 is 5.97 Å². The maximum Gasteiger partial charge on any atom is 0.307 e. The first-order valence-corrected chi connectivity index (χ1v) is 7.62. The summed E-state index contributed by atoms with van der Waals surface area (Å²) in [4.78, 5) is 13.5. The van der Waals surface area contributed by atoms with Crippen molar-refractivity contribution in [3.05, 3.63) is 71.8 Å². The van der Waals surface area contributed by atoms with E-state index in [9.17, 15) is 9.90 Å². The first-order chi connectivity index (χ1) is 10.6. The van der Waals surface area contributed by atoms with Gasteiger partial charge in [-0.05, 0) is 18.1 Å². The molecule has 22 heavy (non-hydrogen) atoms. The molecule has 0 aliphatic rings. The van der Waals surface area contributed by atoms with Gasteiger partial charge in [-0.3, -0.25) is 9.69 Å². The predicted molar refractivity (Wildman–Crippen MR) is 88.4 cm³/mol. The summed E-state index contributed by atoms with van der Waals surface area (Å²) < 4.78 is 0. The number of carboxylic acids is 1. The van der Waals surface area contributed by atoms with Gasteiger partial charge in [0, 0.05) is 19.1 Å². The van der Waals surface area contributed by atoms with E-state index in [4.69, 9.17) is 0 Å². The Kier molecular flexibility index (Phi) is 5.73. The van der Waals surface area contributed by atoms with E-state index < -0.39 is 11.9 Å². The zero-order valence-corrected chi connectivity index (χ0v) is 13.1. The summed E-state index contributed by atoms with van der Waals surface area (Å²) in [6, 6.07) is 20.3. The van der Waals surface area contributed by atoms with Crippen LogP contribution in [0.5, 0.6) is 0 Å². The monoisotopic (exact) mass is 297 g/mol. The quantitative estimate of drug-likeness (QED) is 0.845. The van der Waals surface area contributed by atoms with Gasteiger partial charge in [0.2, 0.25) is 0 Å². The topological polar surface area (TPSA) is 40.5 Å². The smallest absolute Gasteiger partial charge is 0.307 e. The zero-order valence-electron chi connectivity index (χ0n) is 13.1. The molecule has 2 atom stereocenters. The molecule has 0 aromatic heterocycles. The van der Waals surface area contributed by atoms with Crippen LogP contribution in [0, 0.1) is 5.92 Å². The number of rotatable bonds is 7. The van der Waals surface area contributed by atoms with Crippen molar-refractivity contribution in [3.63, 3.8) is 0 Å². The standard InChI is InChI=1S/C19H23NO2/c1-15(19(21)22)16(2)20(13-17-9-5-3-6-10-17)14-18-11-7-4-8-12-18/h3-12,15-16H,13-14H2,1-2H3,(H,21,22). The van der Waals surface area contributed by atoms with Crippen molar-refractivity contribution < 1.29 is 9.90 Å². The van der Waals surface area contributed by atoms with Gasteiger partial charge in [0.25, 0.3) is 0 Å². The molecule has 0 heterocycles. The highest BCUT2D eigenvalue weighted by atomic mass is 16.4. The number of carboxylic acid groups (broad SMARTS) is 1. The van der Waals surface area contributed by atoms with Crippen LogP contribution in [0.4, 0.5) is 0 Å². The average molecular weight is 297 g/mol. The Morgan fingerprint density at radius 1 is 0.909 bits per heavy atom. The van der Waals surface area contributed by atoms with Crippen molar-refractivity contribution in [2.45, 2.75) is 33.0 Å². The lowest BCUT2D eigenvalue weighted by atomic mass is 10.0. The molecule has 3 nitrogen and oxygen atoms in total. The van der Waals surface area contributed by atoms with Gasteiger partial charge in [0.15, 0.2) is 0 Å². The summed E-state index contributed by atoms with van der Waals surface area (Å²) in [5, 5.41) is 9.31. The van der Waals surface area contributed by atoms with E-state index in [-0.39, 0.29) is 6.04 Å². The highest BCUT2D eigenvalue weighted by Crippen LogP contribution is 2.18. The molecule has 0 spiro atoms. The van der Waals surface area contributed by atoms with Crippen LogP contribution in [0.3, 0.4) is 0 Å². The van der Waals surface area contributed by atoms with Crippen LogP contribution < -0.4 is 0 Å². The van der Waals surface area contributed by atoms with Crippen LogP contribution in [-0.2, 0) is 17.9 Å². The van der Waals surface area contributed by atoms with Gasteiger partial charge in [-0.15, -0.1) is 0 Å². The molecule has 2 unspecified atom stereocenters. The van der Waals surface area contributed by atoms with Crippen LogP contribution in [0.1, 0.15) is 25.0 Å². The summed E-state index contributed by atoms with van der Waals surface area (Å²) in [6.45, 7) is 5.25. The maximum absolute atomic E-state index is 11.3. The molecule has 2 rings (SSSR count). The SMILES string of the molecule is CC(C(=O)O)C(C)N(Cc1ccccc1)Cc1ccccc1. The number of hydrogen-bond acceptors (Lipinski definition) is 2. The van der Waals surface area contributed by atoms with Crippen LogP contribution in [0.15, 0.2) is 60.7 Å². The molecule has 0 amide bonds. The molecule has 116 valence electrons. The molecular formula is C19H23NO2. The fourth-order valence-corrected chi connectivity index (χ4v) is 2.50. The van der Waals surface area contributed by atoms with Crippen LogP contribution in [0.25, 0.3) is 0 Å². The Hall–Kier alpha value is -2.13. The van der Waals surface area contributed by atoms with E-state index in [2.05, 4.69) is 29.2 Å². The van der Waals surface area contributed by atoms with Gasteiger partial charge in [-0.1, -0.05) is 67.6 Å². The second kappa shape index (κ2) is 7.76. The average Bonchev–Trinajstić information content (AvgIpc) is 2.54. The third-order valence-electron chi connectivity index (χ3n) is 4.15. The summed E-state index contributed by atoms with van der Waals surface area (Å²) in [5.74, 6) is -1.16. The molecular weight excluding hydrogens is 274 g/mol. The lowest BCUT2D eigenvalue weighted by Crippen LogP contribution is -2.39. The Morgan fingerprint density at radius 3 is 1.68 bits per heavy atom. The van der Waals surface area contributed by atoms with E-state index in [0.717, 1.165) is 13.1 Å². The maximum atomic E-state index is 11.3. The second-order valence-electron chi connectivity index (χ2n) is 5.74. The van der Waals surface area contributed by atoms with Crippen LogP contribution in [0.2, 0.25) is 0 Å². The molecule has 2 aromatic carbocycles. The molecule has 0 bridgehead atoms. The Labute approximate surface area is 132 Å². The molecule has 0 saturated carbocycles. The third-order valence-corrected chi connectivity index (χ3v) is 4.15. The highest BCUT2D eigenvalue weighted by molar-refractivity contribution is 5.70. The lowest BCUT2D eigenvalue weighted by Gasteiger charge is -2.31. The normalized spacial score (nSPS) is 13.8. The largest absolute Gasteiger partial charge is 0.481 e. The van der Waals surface area contributed by atoms with Gasteiger partial charge in [0.1, 0.15) is 0 Å². The summed E-state index contributed by atoms with van der Waals surface area (Å²) >= 11 is 0. The van der Waals surface area contributed by atoms with Crippen molar-refractivity contribution in [1.29, 1.82) is 0 Å². The lowest BCUT2D eigenvalue weighted by molar-refractivity contribution is -0.143. The predicted octanol–water partition coefficient (Wildman–Crippen LogP) is 3.80. The van der Waals surface area contributed by atoms with Crippen molar-refractivity contribution in [1.82, 2.24) is 4.90 Å². The fourth-order valence-electron chi connectivity index (χ4n) is 2.50.